The summed E-state index contributed by atoms with van der Waals surface area (Å²) in [6.07, 6.45) is 0.0667. The van der Waals surface area contributed by atoms with E-state index in [1.807, 2.05) is 18.2 Å². The zero-order chi connectivity index (χ0) is 14.7. The molecule has 106 valence electrons. The first-order chi connectivity index (χ1) is 8.73. The highest BCUT2D eigenvalue weighted by Crippen LogP contribution is 2.47. The molecule has 0 saturated heterocycles. The Morgan fingerprint density at radius 3 is 2.26 bits per heavy atom. The van der Waals surface area contributed by atoms with Crippen LogP contribution in [0.2, 0.25) is 19.6 Å². The van der Waals surface area contributed by atoms with Crippen LogP contribution in [0.1, 0.15) is 5.56 Å². The summed E-state index contributed by atoms with van der Waals surface area (Å²) in [5, 5.41) is 1.27. The van der Waals surface area contributed by atoms with Crippen molar-refractivity contribution in [1.82, 2.24) is 0 Å². The molecule has 0 N–H and O–H groups in total. The van der Waals surface area contributed by atoms with Crippen molar-refractivity contribution in [3.05, 3.63) is 29.8 Å². The molecule has 1 rings (SSSR count). The van der Waals surface area contributed by atoms with E-state index in [1.54, 1.807) is 0 Å². The minimum Gasteiger partial charge on any atom is -0.307 e. The average Bonchev–Trinajstić information content (AvgIpc) is 2.37. The summed E-state index contributed by atoms with van der Waals surface area (Å²) in [5.74, 6) is 0. The van der Waals surface area contributed by atoms with Crippen molar-refractivity contribution in [2.24, 2.45) is 0 Å². The average molecular weight is 300 g/mol. The highest BCUT2D eigenvalue weighted by atomic mass is 31.2. The molecule has 1 aromatic carbocycles. The van der Waals surface area contributed by atoms with Gasteiger partial charge >= 0.3 is 7.60 Å². The molecule has 0 aliphatic carbocycles. The van der Waals surface area contributed by atoms with Gasteiger partial charge in [0.15, 0.2) is 0 Å². The van der Waals surface area contributed by atoms with Gasteiger partial charge in [-0.2, -0.15) is 0 Å². The molecule has 0 atom stereocenters. The van der Waals surface area contributed by atoms with E-state index in [1.165, 1.54) is 19.4 Å². The van der Waals surface area contributed by atoms with Gasteiger partial charge < -0.3 is 9.05 Å². The molecule has 0 fully saturated rings. The number of carbonyl (C=O) groups is 1. The molecule has 0 spiro atoms. The maximum atomic E-state index is 12.0. The summed E-state index contributed by atoms with van der Waals surface area (Å²) in [4.78, 5) is 12.0. The van der Waals surface area contributed by atoms with Gasteiger partial charge in [-0.1, -0.05) is 49.1 Å². The van der Waals surface area contributed by atoms with Crippen molar-refractivity contribution < 1.29 is 18.4 Å². The van der Waals surface area contributed by atoms with Crippen LogP contribution in [-0.4, -0.2) is 27.8 Å². The van der Waals surface area contributed by atoms with Crippen molar-refractivity contribution in [3.8, 4) is 0 Å². The second-order valence-corrected chi connectivity index (χ2v) is 12.7. The van der Waals surface area contributed by atoms with Crippen molar-refractivity contribution in [1.29, 1.82) is 0 Å². The summed E-state index contributed by atoms with van der Waals surface area (Å²) >= 11 is 0. The predicted molar refractivity (Wildman–Crippen MR) is 79.8 cm³/mol. The highest BCUT2D eigenvalue weighted by Gasteiger charge is 2.32. The van der Waals surface area contributed by atoms with E-state index in [0.29, 0.717) is 0 Å². The highest BCUT2D eigenvalue weighted by molar-refractivity contribution is 7.71. The van der Waals surface area contributed by atoms with Crippen LogP contribution in [0.5, 0.6) is 0 Å². The first-order valence-electron chi connectivity index (χ1n) is 6.07. The molecular weight excluding hydrogens is 279 g/mol. The number of carbonyl (C=O) groups excluding carboxylic acids is 1. The fourth-order valence-corrected chi connectivity index (χ4v) is 3.84. The van der Waals surface area contributed by atoms with E-state index in [2.05, 4.69) is 25.7 Å². The van der Waals surface area contributed by atoms with Crippen LogP contribution >= 0.6 is 7.60 Å². The molecule has 0 radical (unpaired) electrons. The third kappa shape index (κ3) is 4.11. The Morgan fingerprint density at radius 2 is 1.79 bits per heavy atom. The predicted octanol–water partition coefficient (Wildman–Crippen LogP) is 2.79. The fourth-order valence-electron chi connectivity index (χ4n) is 1.70. The first-order valence-corrected chi connectivity index (χ1v) is 11.1. The Balaban J connectivity index is 2.95. The Morgan fingerprint density at radius 1 is 1.21 bits per heavy atom. The summed E-state index contributed by atoms with van der Waals surface area (Å²) in [5.41, 5.74) is 0.337. The van der Waals surface area contributed by atoms with Crippen LogP contribution in [0.25, 0.3) is 0 Å². The third-order valence-electron chi connectivity index (χ3n) is 2.93. The standard InChI is InChI=1S/C13H21O4PSi/c1-16-18(15,17-2)13(14)10-11-7-6-8-12(9-11)19(3,4)5/h6-9H,10H2,1-5H3. The van der Waals surface area contributed by atoms with Crippen molar-refractivity contribution >= 4 is 26.4 Å². The van der Waals surface area contributed by atoms with Gasteiger partial charge in [0.1, 0.15) is 0 Å². The van der Waals surface area contributed by atoms with Crippen LogP contribution in [0.15, 0.2) is 24.3 Å². The van der Waals surface area contributed by atoms with Crippen molar-refractivity contribution in [2.75, 3.05) is 14.2 Å². The van der Waals surface area contributed by atoms with E-state index in [-0.39, 0.29) is 6.42 Å². The zero-order valence-electron chi connectivity index (χ0n) is 12.1. The number of rotatable bonds is 6. The fraction of sp³-hybridized carbons (Fsp3) is 0.462. The molecule has 0 saturated carbocycles. The van der Waals surface area contributed by atoms with E-state index >= 15 is 0 Å². The maximum Gasteiger partial charge on any atom is 0.396 e. The Labute approximate surface area is 115 Å². The molecule has 19 heavy (non-hydrogen) atoms. The molecule has 6 heteroatoms. The summed E-state index contributed by atoms with van der Waals surface area (Å²) in [6.45, 7) is 6.72. The molecule has 1 aromatic rings. The van der Waals surface area contributed by atoms with E-state index in [9.17, 15) is 9.36 Å². The van der Waals surface area contributed by atoms with E-state index < -0.39 is 21.2 Å². The van der Waals surface area contributed by atoms with Crippen LogP contribution in [0.3, 0.4) is 0 Å². The number of hydrogen-bond donors (Lipinski definition) is 0. The number of benzene rings is 1. The molecule has 0 bridgehead atoms. The maximum absolute atomic E-state index is 12.0. The van der Waals surface area contributed by atoms with Gasteiger partial charge in [-0.05, 0) is 5.56 Å². The second-order valence-electron chi connectivity index (χ2n) is 5.38. The lowest BCUT2D eigenvalue weighted by molar-refractivity contribution is -0.113. The Kier molecular flexibility index (Phi) is 5.27. The third-order valence-corrected chi connectivity index (χ3v) is 6.71. The van der Waals surface area contributed by atoms with Gasteiger partial charge in [0.2, 0.25) is 5.52 Å². The van der Waals surface area contributed by atoms with E-state index in [4.69, 9.17) is 9.05 Å². The summed E-state index contributed by atoms with van der Waals surface area (Å²) in [6, 6.07) is 7.88. The molecule has 4 nitrogen and oxygen atoms in total. The Bertz CT molecular complexity index is 500. The van der Waals surface area contributed by atoms with Gasteiger partial charge in [0.05, 0.1) is 8.07 Å². The smallest absolute Gasteiger partial charge is 0.307 e. The van der Waals surface area contributed by atoms with Crippen LogP contribution in [-0.2, 0) is 24.8 Å². The van der Waals surface area contributed by atoms with Gasteiger partial charge in [-0.15, -0.1) is 0 Å². The Hall–Kier alpha value is -0.743. The molecule has 0 amide bonds. The van der Waals surface area contributed by atoms with Gasteiger partial charge in [-0.3, -0.25) is 9.36 Å². The van der Waals surface area contributed by atoms with Gasteiger partial charge in [-0.25, -0.2) is 0 Å². The molecular formula is C13H21O4PSi. The lowest BCUT2D eigenvalue weighted by Crippen LogP contribution is -2.37. The molecule has 0 aliphatic rings. The largest absolute Gasteiger partial charge is 0.396 e. The summed E-state index contributed by atoms with van der Waals surface area (Å²) < 4.78 is 21.4. The monoisotopic (exact) mass is 300 g/mol. The topological polar surface area (TPSA) is 52.6 Å². The van der Waals surface area contributed by atoms with Crippen LogP contribution in [0, 0.1) is 0 Å². The quantitative estimate of drug-likeness (QED) is 0.599. The van der Waals surface area contributed by atoms with Crippen molar-refractivity contribution in [3.63, 3.8) is 0 Å². The van der Waals surface area contributed by atoms with Gasteiger partial charge in [0, 0.05) is 20.6 Å². The van der Waals surface area contributed by atoms with Gasteiger partial charge in [0.25, 0.3) is 0 Å². The number of hydrogen-bond acceptors (Lipinski definition) is 4. The zero-order valence-corrected chi connectivity index (χ0v) is 14.0. The first kappa shape index (κ1) is 16.3. The van der Waals surface area contributed by atoms with E-state index in [0.717, 1.165) is 5.56 Å². The normalized spacial score (nSPS) is 12.5. The molecule has 0 unspecified atom stereocenters. The molecule has 0 heterocycles. The van der Waals surface area contributed by atoms with Crippen LogP contribution in [0.4, 0.5) is 0 Å². The minimum atomic E-state index is -3.62. The minimum absolute atomic E-state index is 0.0667. The van der Waals surface area contributed by atoms with Crippen molar-refractivity contribution in [2.45, 2.75) is 26.1 Å². The molecule has 0 aromatic heterocycles. The lowest BCUT2D eigenvalue weighted by Gasteiger charge is -2.18. The second kappa shape index (κ2) is 6.14. The summed E-state index contributed by atoms with van der Waals surface area (Å²) in [7, 11) is -2.60. The van der Waals surface area contributed by atoms with Crippen LogP contribution < -0.4 is 5.19 Å². The lowest BCUT2D eigenvalue weighted by atomic mass is 10.2. The molecule has 0 aliphatic heterocycles. The SMILES string of the molecule is COP(=O)(OC)C(=O)Cc1cccc([Si](C)(C)C)c1.